The number of hydrogen-bond acceptors (Lipinski definition) is 7. The summed E-state index contributed by atoms with van der Waals surface area (Å²) in [5.74, 6) is 0.0430. The van der Waals surface area contributed by atoms with Crippen molar-refractivity contribution in [2.75, 3.05) is 36.0 Å². The zero-order valence-electron chi connectivity index (χ0n) is 15.5. The van der Waals surface area contributed by atoms with E-state index in [0.717, 1.165) is 29.6 Å². The third-order valence-electron chi connectivity index (χ3n) is 4.71. The van der Waals surface area contributed by atoms with Gasteiger partial charge >= 0.3 is 6.18 Å². The molecule has 2 amide bonds. The maximum atomic E-state index is 12.7. The number of carbonyl (C=O) groups excluding carboxylic acids is 2. The third kappa shape index (κ3) is 4.40. The first-order chi connectivity index (χ1) is 14.3. The van der Waals surface area contributed by atoms with Crippen molar-refractivity contribution in [1.29, 1.82) is 0 Å². The van der Waals surface area contributed by atoms with E-state index >= 15 is 0 Å². The number of aromatic nitrogens is 2. The zero-order valence-corrected chi connectivity index (χ0v) is 16.3. The van der Waals surface area contributed by atoms with E-state index in [9.17, 15) is 22.8 Å². The number of imide groups is 1. The number of amides is 2. The highest BCUT2D eigenvalue weighted by atomic mass is 32.2. The van der Waals surface area contributed by atoms with Gasteiger partial charge in [-0.25, -0.2) is 9.97 Å². The van der Waals surface area contributed by atoms with Crippen LogP contribution in [0.1, 0.15) is 11.3 Å². The lowest BCUT2D eigenvalue weighted by Gasteiger charge is -2.36. The number of anilines is 2. The van der Waals surface area contributed by atoms with Crippen LogP contribution < -0.4 is 15.1 Å². The summed E-state index contributed by atoms with van der Waals surface area (Å²) in [4.78, 5) is 35.9. The molecule has 4 rings (SSSR count). The van der Waals surface area contributed by atoms with Gasteiger partial charge in [0.05, 0.1) is 16.2 Å². The van der Waals surface area contributed by atoms with Crippen LogP contribution in [0.4, 0.5) is 29.6 Å². The van der Waals surface area contributed by atoms with E-state index in [1.165, 1.54) is 18.2 Å². The topological polar surface area (TPSA) is 78.4 Å². The van der Waals surface area contributed by atoms with E-state index in [-0.39, 0.29) is 4.91 Å². The number of rotatable bonds is 3. The van der Waals surface area contributed by atoms with Crippen LogP contribution in [-0.4, -0.2) is 47.3 Å². The van der Waals surface area contributed by atoms with Gasteiger partial charge in [0.15, 0.2) is 0 Å². The predicted octanol–water partition coefficient (Wildman–Crippen LogP) is 3.15. The molecule has 0 saturated carbocycles. The van der Waals surface area contributed by atoms with Crippen LogP contribution in [0.5, 0.6) is 0 Å². The maximum absolute atomic E-state index is 12.7. The van der Waals surface area contributed by atoms with E-state index in [1.807, 2.05) is 9.80 Å². The van der Waals surface area contributed by atoms with Crippen LogP contribution in [0.15, 0.2) is 41.4 Å². The van der Waals surface area contributed by atoms with Crippen molar-refractivity contribution < 1.29 is 22.8 Å². The minimum Gasteiger partial charge on any atom is -0.368 e. The molecular formula is C19H16F3N5O2S. The van der Waals surface area contributed by atoms with Crippen molar-refractivity contribution in [2.24, 2.45) is 0 Å². The molecule has 0 unspecified atom stereocenters. The Morgan fingerprint density at radius 1 is 1.00 bits per heavy atom. The molecule has 7 nitrogen and oxygen atoms in total. The Kier molecular flexibility index (Phi) is 5.37. The average Bonchev–Trinajstić information content (AvgIpc) is 3.04. The highest BCUT2D eigenvalue weighted by Crippen LogP contribution is 2.31. The van der Waals surface area contributed by atoms with Crippen molar-refractivity contribution >= 4 is 40.6 Å². The second-order valence-corrected chi connectivity index (χ2v) is 7.67. The SMILES string of the molecule is O=C1NC(=O)C(=Cc2ccnc(N3CCN(c4ccc(C(F)(F)F)cc4)CC3)n2)S1. The second kappa shape index (κ2) is 7.98. The number of piperazine rings is 1. The molecule has 156 valence electrons. The molecular weight excluding hydrogens is 419 g/mol. The largest absolute Gasteiger partial charge is 0.416 e. The molecule has 1 aromatic heterocycles. The van der Waals surface area contributed by atoms with Gasteiger partial charge in [-0.2, -0.15) is 13.2 Å². The van der Waals surface area contributed by atoms with Gasteiger partial charge in [0.2, 0.25) is 5.95 Å². The lowest BCUT2D eigenvalue weighted by Crippen LogP contribution is -2.47. The molecule has 0 radical (unpaired) electrons. The fraction of sp³-hybridized carbons (Fsp3) is 0.263. The number of benzene rings is 1. The maximum Gasteiger partial charge on any atom is 0.416 e. The first kappa shape index (κ1) is 20.2. The summed E-state index contributed by atoms with van der Waals surface area (Å²) in [5.41, 5.74) is 0.577. The Morgan fingerprint density at radius 2 is 1.67 bits per heavy atom. The van der Waals surface area contributed by atoms with Crippen molar-refractivity contribution in [3.63, 3.8) is 0 Å². The van der Waals surface area contributed by atoms with Gasteiger partial charge < -0.3 is 9.80 Å². The van der Waals surface area contributed by atoms with Gasteiger partial charge in [0.1, 0.15) is 0 Å². The molecule has 2 saturated heterocycles. The Bertz CT molecular complexity index is 1000. The number of nitrogens with zero attached hydrogens (tertiary/aromatic N) is 4. The number of carbonyl (C=O) groups is 2. The summed E-state index contributed by atoms with van der Waals surface area (Å²) in [7, 11) is 0. The van der Waals surface area contributed by atoms with Crippen LogP contribution in [-0.2, 0) is 11.0 Å². The number of alkyl halides is 3. The smallest absolute Gasteiger partial charge is 0.368 e. The van der Waals surface area contributed by atoms with Crippen LogP contribution >= 0.6 is 11.8 Å². The van der Waals surface area contributed by atoms with Crippen LogP contribution in [0.25, 0.3) is 6.08 Å². The van der Waals surface area contributed by atoms with E-state index < -0.39 is 22.9 Å². The summed E-state index contributed by atoms with van der Waals surface area (Å²) in [6.45, 7) is 2.39. The van der Waals surface area contributed by atoms with E-state index in [1.54, 1.807) is 12.3 Å². The predicted molar refractivity (Wildman–Crippen MR) is 107 cm³/mol. The fourth-order valence-corrected chi connectivity index (χ4v) is 3.84. The van der Waals surface area contributed by atoms with E-state index in [4.69, 9.17) is 0 Å². The van der Waals surface area contributed by atoms with Gasteiger partial charge in [-0.1, -0.05) is 0 Å². The minimum atomic E-state index is -4.35. The summed E-state index contributed by atoms with van der Waals surface area (Å²) in [5, 5.41) is 1.78. The normalized spacial score (nSPS) is 18.8. The van der Waals surface area contributed by atoms with Gasteiger partial charge in [-0.05, 0) is 48.2 Å². The van der Waals surface area contributed by atoms with Crippen LogP contribution in [0, 0.1) is 0 Å². The molecule has 1 aromatic carbocycles. The summed E-state index contributed by atoms with van der Waals surface area (Å²) >= 11 is 0.821. The number of nitrogens with one attached hydrogen (secondary N) is 1. The monoisotopic (exact) mass is 435 g/mol. The summed E-state index contributed by atoms with van der Waals surface area (Å²) < 4.78 is 38.2. The molecule has 0 atom stereocenters. The molecule has 3 heterocycles. The van der Waals surface area contributed by atoms with Crippen LogP contribution in [0.3, 0.4) is 0 Å². The average molecular weight is 435 g/mol. The van der Waals surface area contributed by atoms with Crippen LogP contribution in [0.2, 0.25) is 0 Å². The summed E-state index contributed by atoms with van der Waals surface area (Å²) in [6.07, 6.45) is -1.23. The first-order valence-corrected chi connectivity index (χ1v) is 9.86. The Morgan fingerprint density at radius 3 is 2.27 bits per heavy atom. The standard InChI is InChI=1S/C19H16F3N5O2S/c20-19(21,22)12-1-3-14(4-2-12)26-7-9-27(10-8-26)17-23-6-5-13(24-17)11-15-16(28)25-18(29)30-15/h1-6,11H,7-10H2,(H,25,28,29). The molecule has 1 N–H and O–H groups in total. The highest BCUT2D eigenvalue weighted by Gasteiger charge is 2.30. The molecule has 0 spiro atoms. The Balaban J connectivity index is 1.41. The fourth-order valence-electron chi connectivity index (χ4n) is 3.18. The number of thioether (sulfide) groups is 1. The number of hydrogen-bond donors (Lipinski definition) is 1. The Labute approximate surface area is 174 Å². The second-order valence-electron chi connectivity index (χ2n) is 6.65. The Hall–Kier alpha value is -3.08. The van der Waals surface area contributed by atoms with Crippen molar-refractivity contribution in [1.82, 2.24) is 15.3 Å². The van der Waals surface area contributed by atoms with E-state index in [0.29, 0.717) is 37.8 Å². The molecule has 2 aromatic rings. The quantitative estimate of drug-likeness (QED) is 0.742. The van der Waals surface area contributed by atoms with E-state index in [2.05, 4.69) is 15.3 Å². The molecule has 11 heteroatoms. The lowest BCUT2D eigenvalue weighted by atomic mass is 10.1. The molecule has 30 heavy (non-hydrogen) atoms. The molecule has 0 aliphatic carbocycles. The molecule has 0 bridgehead atoms. The van der Waals surface area contributed by atoms with Crippen molar-refractivity contribution in [3.05, 3.63) is 52.7 Å². The van der Waals surface area contributed by atoms with Gasteiger partial charge in [0.25, 0.3) is 11.1 Å². The number of halogens is 3. The van der Waals surface area contributed by atoms with Gasteiger partial charge in [-0.15, -0.1) is 0 Å². The van der Waals surface area contributed by atoms with Gasteiger partial charge in [0, 0.05) is 38.1 Å². The minimum absolute atomic E-state index is 0.275. The zero-order chi connectivity index (χ0) is 21.3. The van der Waals surface area contributed by atoms with Gasteiger partial charge in [-0.3, -0.25) is 14.9 Å². The van der Waals surface area contributed by atoms with Crippen molar-refractivity contribution in [2.45, 2.75) is 6.18 Å². The lowest BCUT2D eigenvalue weighted by molar-refractivity contribution is -0.137. The third-order valence-corrected chi connectivity index (χ3v) is 5.52. The highest BCUT2D eigenvalue weighted by molar-refractivity contribution is 8.18. The van der Waals surface area contributed by atoms with Crippen molar-refractivity contribution in [3.8, 4) is 0 Å². The molecule has 2 fully saturated rings. The first-order valence-electron chi connectivity index (χ1n) is 9.05. The molecule has 2 aliphatic heterocycles. The summed E-state index contributed by atoms with van der Waals surface area (Å²) in [6, 6.07) is 6.78. The molecule has 2 aliphatic rings.